The number of hydrogen-bond donors (Lipinski definition) is 1. The largest absolute Gasteiger partial charge is 0.342 e. The molecule has 0 aliphatic heterocycles. The second-order valence-corrected chi connectivity index (χ2v) is 8.17. The van der Waals surface area contributed by atoms with Gasteiger partial charge in [-0.3, -0.25) is 9.89 Å². The first-order chi connectivity index (χ1) is 12.6. The molecule has 3 rings (SSSR count). The molecule has 140 valence electrons. The zero-order chi connectivity index (χ0) is 18.5. The van der Waals surface area contributed by atoms with Crippen LogP contribution in [0.15, 0.2) is 29.4 Å². The van der Waals surface area contributed by atoms with Crippen molar-refractivity contribution in [2.24, 2.45) is 5.92 Å². The van der Waals surface area contributed by atoms with Crippen LogP contribution >= 0.6 is 11.8 Å². The Hall–Kier alpha value is -1.82. The lowest BCUT2D eigenvalue weighted by Gasteiger charge is -2.33. The second kappa shape index (κ2) is 8.71. The molecule has 1 N–H and O–H groups in total. The fraction of sp³-hybridized carbons (Fsp3) is 0.550. The average molecular weight is 373 g/mol. The van der Waals surface area contributed by atoms with Gasteiger partial charge in [-0.15, -0.1) is 5.10 Å². The van der Waals surface area contributed by atoms with E-state index in [0.717, 1.165) is 36.6 Å². The van der Waals surface area contributed by atoms with Gasteiger partial charge in [0.05, 0.1) is 5.75 Å². The molecule has 1 aromatic carbocycles. The van der Waals surface area contributed by atoms with Gasteiger partial charge in [0.1, 0.15) is 0 Å². The van der Waals surface area contributed by atoms with Crippen molar-refractivity contribution in [1.82, 2.24) is 20.1 Å². The summed E-state index contributed by atoms with van der Waals surface area (Å²) < 4.78 is 0. The molecule has 0 atom stereocenters. The Morgan fingerprint density at radius 3 is 2.58 bits per heavy atom. The minimum Gasteiger partial charge on any atom is -0.342 e. The number of carbonyl (C=O) groups excluding carboxylic acids is 1. The molecule has 6 heteroatoms. The molecule has 0 saturated heterocycles. The molecule has 1 fully saturated rings. The van der Waals surface area contributed by atoms with Crippen LogP contribution in [-0.4, -0.2) is 44.8 Å². The number of aryl methyl sites for hydroxylation is 1. The third-order valence-electron chi connectivity index (χ3n) is 5.35. The summed E-state index contributed by atoms with van der Waals surface area (Å²) in [7, 11) is 1.93. The SMILES string of the molecule is CCc1ccc(-c2nc(SCC(=O)N(C)C3CCC(C)CC3)n[nH]2)cc1. The molecule has 26 heavy (non-hydrogen) atoms. The summed E-state index contributed by atoms with van der Waals surface area (Å²) in [4.78, 5) is 18.9. The molecule has 0 radical (unpaired) electrons. The molecule has 1 heterocycles. The number of nitrogens with one attached hydrogen (secondary N) is 1. The summed E-state index contributed by atoms with van der Waals surface area (Å²) in [5, 5.41) is 7.84. The summed E-state index contributed by atoms with van der Waals surface area (Å²) >= 11 is 1.40. The monoisotopic (exact) mass is 372 g/mol. The highest BCUT2D eigenvalue weighted by atomic mass is 32.2. The van der Waals surface area contributed by atoms with Gasteiger partial charge in [0.15, 0.2) is 5.82 Å². The summed E-state index contributed by atoms with van der Waals surface area (Å²) in [5.41, 5.74) is 2.31. The standard InChI is InChI=1S/C20H28N4OS/c1-4-15-7-9-16(10-8-15)19-21-20(23-22-19)26-13-18(25)24(3)17-11-5-14(2)6-12-17/h7-10,14,17H,4-6,11-13H2,1-3H3,(H,21,22,23). The number of hydrogen-bond acceptors (Lipinski definition) is 4. The van der Waals surface area contributed by atoms with Gasteiger partial charge in [0.2, 0.25) is 11.1 Å². The number of amides is 1. The maximum absolute atomic E-state index is 12.5. The summed E-state index contributed by atoms with van der Waals surface area (Å²) in [6, 6.07) is 8.70. The van der Waals surface area contributed by atoms with E-state index < -0.39 is 0 Å². The smallest absolute Gasteiger partial charge is 0.233 e. The number of carbonyl (C=O) groups is 1. The van der Waals surface area contributed by atoms with Crippen LogP contribution in [0.5, 0.6) is 0 Å². The van der Waals surface area contributed by atoms with Gasteiger partial charge in [-0.2, -0.15) is 0 Å². The number of aromatic nitrogens is 3. The van der Waals surface area contributed by atoms with Crippen molar-refractivity contribution in [3.05, 3.63) is 29.8 Å². The molecular weight excluding hydrogens is 344 g/mol. The molecule has 5 nitrogen and oxygen atoms in total. The Morgan fingerprint density at radius 2 is 1.92 bits per heavy atom. The number of H-pyrrole nitrogens is 1. The molecule has 1 saturated carbocycles. The van der Waals surface area contributed by atoms with Gasteiger partial charge < -0.3 is 4.90 Å². The fourth-order valence-corrected chi connectivity index (χ4v) is 4.12. The first-order valence-corrected chi connectivity index (χ1v) is 10.5. The topological polar surface area (TPSA) is 61.9 Å². The first kappa shape index (κ1) is 19.0. The molecule has 1 amide bonds. The maximum atomic E-state index is 12.5. The van der Waals surface area contributed by atoms with E-state index in [0.29, 0.717) is 17.0 Å². The van der Waals surface area contributed by atoms with E-state index in [1.807, 2.05) is 11.9 Å². The van der Waals surface area contributed by atoms with E-state index in [9.17, 15) is 4.79 Å². The average Bonchev–Trinajstić information content (AvgIpc) is 3.15. The quantitative estimate of drug-likeness (QED) is 0.773. The van der Waals surface area contributed by atoms with Crippen LogP contribution in [0.2, 0.25) is 0 Å². The first-order valence-electron chi connectivity index (χ1n) is 9.47. The van der Waals surface area contributed by atoms with Gasteiger partial charge >= 0.3 is 0 Å². The third-order valence-corrected chi connectivity index (χ3v) is 6.18. The zero-order valence-electron chi connectivity index (χ0n) is 15.9. The Bertz CT molecular complexity index is 720. The van der Waals surface area contributed by atoms with Gasteiger partial charge in [0, 0.05) is 18.7 Å². The third kappa shape index (κ3) is 4.67. The molecule has 0 bridgehead atoms. The van der Waals surface area contributed by atoms with Crippen molar-refractivity contribution in [3.8, 4) is 11.4 Å². The van der Waals surface area contributed by atoms with Gasteiger partial charge in [-0.1, -0.05) is 49.9 Å². The molecule has 2 aromatic rings. The van der Waals surface area contributed by atoms with Crippen molar-refractivity contribution in [2.45, 2.75) is 57.1 Å². The van der Waals surface area contributed by atoms with E-state index in [2.05, 4.69) is 53.3 Å². The molecular formula is C20H28N4OS. The van der Waals surface area contributed by atoms with Gasteiger partial charge in [0.25, 0.3) is 0 Å². The van der Waals surface area contributed by atoms with E-state index in [-0.39, 0.29) is 5.91 Å². The lowest BCUT2D eigenvalue weighted by molar-refractivity contribution is -0.129. The highest BCUT2D eigenvalue weighted by Gasteiger charge is 2.24. The molecule has 1 aliphatic rings. The predicted octanol–water partition coefficient (Wildman–Crippen LogP) is 4.16. The van der Waals surface area contributed by atoms with Crippen LogP contribution in [0, 0.1) is 5.92 Å². The molecule has 0 unspecified atom stereocenters. The van der Waals surface area contributed by atoms with Crippen molar-refractivity contribution in [3.63, 3.8) is 0 Å². The number of nitrogens with zero attached hydrogens (tertiary/aromatic N) is 3. The summed E-state index contributed by atoms with van der Waals surface area (Å²) in [5.74, 6) is 2.09. The van der Waals surface area contributed by atoms with Crippen molar-refractivity contribution < 1.29 is 4.79 Å². The summed E-state index contributed by atoms with van der Waals surface area (Å²) in [6.07, 6.45) is 5.69. The maximum Gasteiger partial charge on any atom is 0.233 e. The summed E-state index contributed by atoms with van der Waals surface area (Å²) in [6.45, 7) is 4.44. The van der Waals surface area contributed by atoms with Crippen LogP contribution in [0.4, 0.5) is 0 Å². The Balaban J connectivity index is 1.53. The zero-order valence-corrected chi connectivity index (χ0v) is 16.7. The molecule has 1 aromatic heterocycles. The van der Waals surface area contributed by atoms with Crippen molar-refractivity contribution in [1.29, 1.82) is 0 Å². The van der Waals surface area contributed by atoms with Crippen LogP contribution in [0.3, 0.4) is 0 Å². The minimum atomic E-state index is 0.160. The highest BCUT2D eigenvalue weighted by Crippen LogP contribution is 2.27. The predicted molar refractivity (Wildman–Crippen MR) is 106 cm³/mol. The minimum absolute atomic E-state index is 0.160. The number of benzene rings is 1. The number of thioether (sulfide) groups is 1. The van der Waals surface area contributed by atoms with Crippen molar-refractivity contribution in [2.75, 3.05) is 12.8 Å². The van der Waals surface area contributed by atoms with Crippen LogP contribution in [-0.2, 0) is 11.2 Å². The lowest BCUT2D eigenvalue weighted by atomic mass is 9.87. The van der Waals surface area contributed by atoms with Crippen LogP contribution in [0.25, 0.3) is 11.4 Å². The van der Waals surface area contributed by atoms with Gasteiger partial charge in [-0.25, -0.2) is 4.98 Å². The lowest BCUT2D eigenvalue weighted by Crippen LogP contribution is -2.40. The van der Waals surface area contributed by atoms with Crippen LogP contribution < -0.4 is 0 Å². The van der Waals surface area contributed by atoms with E-state index in [4.69, 9.17) is 0 Å². The Labute approximate surface area is 160 Å². The normalized spacial score (nSPS) is 20.1. The second-order valence-electron chi connectivity index (χ2n) is 7.22. The van der Waals surface area contributed by atoms with Crippen molar-refractivity contribution >= 4 is 17.7 Å². The number of rotatable bonds is 6. The van der Waals surface area contributed by atoms with E-state index in [1.165, 1.54) is 30.2 Å². The van der Waals surface area contributed by atoms with E-state index in [1.54, 1.807) is 0 Å². The number of aromatic amines is 1. The van der Waals surface area contributed by atoms with Gasteiger partial charge in [-0.05, 0) is 43.6 Å². The Kier molecular flexibility index (Phi) is 6.35. The highest BCUT2D eigenvalue weighted by molar-refractivity contribution is 7.99. The van der Waals surface area contributed by atoms with Crippen LogP contribution in [0.1, 0.15) is 45.1 Å². The molecule has 1 aliphatic carbocycles. The fourth-order valence-electron chi connectivity index (χ4n) is 3.40. The van der Waals surface area contributed by atoms with E-state index >= 15 is 0 Å². The molecule has 0 spiro atoms. The Morgan fingerprint density at radius 1 is 1.23 bits per heavy atom.